The summed E-state index contributed by atoms with van der Waals surface area (Å²) in [5, 5.41) is 8.65. The maximum Gasteiger partial charge on any atom is 0.242 e. The molecule has 0 spiro atoms. The molecule has 2 atom stereocenters. The fraction of sp³-hybridized carbons (Fsp3) is 0.500. The summed E-state index contributed by atoms with van der Waals surface area (Å²) in [5.74, 6) is 5.48. The normalized spacial score (nSPS) is 22.3. The summed E-state index contributed by atoms with van der Waals surface area (Å²) in [6.45, 7) is 1.79. The van der Waals surface area contributed by atoms with Gasteiger partial charge in [0.05, 0.1) is 0 Å². The van der Waals surface area contributed by atoms with E-state index in [2.05, 4.69) is 28.5 Å². The number of rotatable bonds is 3. The zero-order valence-corrected chi connectivity index (χ0v) is 12.2. The van der Waals surface area contributed by atoms with E-state index >= 15 is 0 Å². The second-order valence-corrected chi connectivity index (χ2v) is 6.72. The molecule has 2 unspecified atom stereocenters. The lowest BCUT2D eigenvalue weighted by molar-refractivity contribution is 0.350. The maximum atomic E-state index is 12.3. The fourth-order valence-electron chi connectivity index (χ4n) is 2.36. The van der Waals surface area contributed by atoms with Crippen LogP contribution in [-0.4, -0.2) is 31.2 Å². The van der Waals surface area contributed by atoms with Gasteiger partial charge in [-0.15, -0.1) is 0 Å². The monoisotopic (exact) mass is 294 g/mol. The number of aliphatic hydroxyl groups excluding tert-OH is 1. The molecule has 6 heteroatoms. The van der Waals surface area contributed by atoms with E-state index in [1.54, 1.807) is 0 Å². The standard InChI is InChI=1S/C14H18N2O3S/c1-11-4-2-6-14(11)16-20(18,19)13-8-12(5-3-7-17)9-15-10-13/h8-11,14,16-17H,2,4,6-7H2,1H3. The summed E-state index contributed by atoms with van der Waals surface area (Å²) in [7, 11) is -3.57. The number of sulfonamides is 1. The molecule has 1 aromatic rings. The molecular formula is C14H18N2O3S. The van der Waals surface area contributed by atoms with E-state index in [1.165, 1.54) is 18.5 Å². The number of aliphatic hydroxyl groups is 1. The predicted octanol–water partition coefficient (Wildman–Crippen LogP) is 0.892. The van der Waals surface area contributed by atoms with Crippen molar-refractivity contribution in [1.82, 2.24) is 9.71 Å². The maximum absolute atomic E-state index is 12.3. The first-order valence-electron chi connectivity index (χ1n) is 6.60. The Labute approximate surface area is 119 Å². The minimum absolute atomic E-state index is 0.00724. The quantitative estimate of drug-likeness (QED) is 0.812. The number of hydrogen-bond acceptors (Lipinski definition) is 4. The molecule has 20 heavy (non-hydrogen) atoms. The highest BCUT2D eigenvalue weighted by Gasteiger charge is 2.28. The Bertz CT molecular complexity index is 631. The molecule has 0 aliphatic heterocycles. The van der Waals surface area contributed by atoms with Gasteiger partial charge in [0.15, 0.2) is 0 Å². The van der Waals surface area contributed by atoms with E-state index in [0.717, 1.165) is 19.3 Å². The third-order valence-electron chi connectivity index (χ3n) is 3.50. The van der Waals surface area contributed by atoms with Crippen LogP contribution >= 0.6 is 0 Å². The zero-order valence-electron chi connectivity index (χ0n) is 11.3. The molecule has 1 fully saturated rings. The van der Waals surface area contributed by atoms with Gasteiger partial charge in [-0.1, -0.05) is 25.2 Å². The largest absolute Gasteiger partial charge is 0.384 e. The molecule has 0 saturated heterocycles. The van der Waals surface area contributed by atoms with Crippen molar-refractivity contribution >= 4 is 10.0 Å². The van der Waals surface area contributed by atoms with Crippen LogP contribution < -0.4 is 4.72 Å². The number of hydrogen-bond donors (Lipinski definition) is 2. The number of aromatic nitrogens is 1. The van der Waals surface area contributed by atoms with Gasteiger partial charge >= 0.3 is 0 Å². The number of pyridine rings is 1. The van der Waals surface area contributed by atoms with Gasteiger partial charge in [0.25, 0.3) is 0 Å². The Kier molecular flexibility index (Phi) is 4.76. The lowest BCUT2D eigenvalue weighted by Crippen LogP contribution is -2.36. The van der Waals surface area contributed by atoms with E-state index in [1.807, 2.05) is 0 Å². The second kappa shape index (κ2) is 6.35. The lowest BCUT2D eigenvalue weighted by atomic mass is 10.1. The summed E-state index contributed by atoms with van der Waals surface area (Å²) in [5.41, 5.74) is 0.474. The minimum atomic E-state index is -3.57. The number of nitrogens with zero attached hydrogens (tertiary/aromatic N) is 1. The average molecular weight is 294 g/mol. The molecule has 1 aliphatic carbocycles. The SMILES string of the molecule is CC1CCCC1NS(=O)(=O)c1cncc(C#CCO)c1. The van der Waals surface area contributed by atoms with Crippen molar-refractivity contribution in [2.24, 2.45) is 5.92 Å². The highest BCUT2D eigenvalue weighted by atomic mass is 32.2. The molecule has 2 rings (SSSR count). The van der Waals surface area contributed by atoms with Crippen LogP contribution in [-0.2, 0) is 10.0 Å². The van der Waals surface area contributed by atoms with E-state index in [9.17, 15) is 8.42 Å². The van der Waals surface area contributed by atoms with Gasteiger partial charge in [0.1, 0.15) is 11.5 Å². The van der Waals surface area contributed by atoms with Gasteiger partial charge < -0.3 is 5.11 Å². The summed E-state index contributed by atoms with van der Waals surface area (Å²) in [6, 6.07) is 1.46. The second-order valence-electron chi connectivity index (χ2n) is 5.01. The van der Waals surface area contributed by atoms with Crippen LogP contribution in [0, 0.1) is 17.8 Å². The Hall–Kier alpha value is -1.42. The highest BCUT2D eigenvalue weighted by Crippen LogP contribution is 2.26. The van der Waals surface area contributed by atoms with Crippen LogP contribution in [0.4, 0.5) is 0 Å². The lowest BCUT2D eigenvalue weighted by Gasteiger charge is -2.17. The van der Waals surface area contributed by atoms with E-state index in [-0.39, 0.29) is 17.5 Å². The molecule has 0 amide bonds. The number of nitrogens with one attached hydrogen (secondary N) is 1. The van der Waals surface area contributed by atoms with Crippen molar-refractivity contribution in [2.75, 3.05) is 6.61 Å². The first-order chi connectivity index (χ1) is 9.53. The van der Waals surface area contributed by atoms with Crippen LogP contribution in [0.2, 0.25) is 0 Å². The van der Waals surface area contributed by atoms with E-state index in [4.69, 9.17) is 5.11 Å². The van der Waals surface area contributed by atoms with Gasteiger partial charge in [0, 0.05) is 24.0 Å². The Morgan fingerprint density at radius 2 is 2.25 bits per heavy atom. The van der Waals surface area contributed by atoms with Gasteiger partial charge in [0.2, 0.25) is 10.0 Å². The fourth-order valence-corrected chi connectivity index (χ4v) is 3.73. The molecule has 1 aliphatic rings. The van der Waals surface area contributed by atoms with Gasteiger partial charge in [-0.2, -0.15) is 0 Å². The molecule has 1 heterocycles. The first kappa shape index (κ1) is 15.0. The van der Waals surface area contributed by atoms with E-state index in [0.29, 0.717) is 11.5 Å². The van der Waals surface area contributed by atoms with Crippen molar-refractivity contribution < 1.29 is 13.5 Å². The third-order valence-corrected chi connectivity index (χ3v) is 4.96. The smallest absolute Gasteiger partial charge is 0.242 e. The average Bonchev–Trinajstić information content (AvgIpc) is 2.82. The van der Waals surface area contributed by atoms with Crippen LogP contribution in [0.15, 0.2) is 23.4 Å². The summed E-state index contributed by atoms with van der Waals surface area (Å²) < 4.78 is 27.4. The molecule has 1 aromatic heterocycles. The Balaban J connectivity index is 2.20. The predicted molar refractivity (Wildman–Crippen MR) is 75.3 cm³/mol. The zero-order chi connectivity index (χ0) is 14.6. The van der Waals surface area contributed by atoms with Crippen molar-refractivity contribution in [1.29, 1.82) is 0 Å². The molecular weight excluding hydrogens is 276 g/mol. The topological polar surface area (TPSA) is 79.3 Å². The van der Waals surface area contributed by atoms with Crippen LogP contribution in [0.5, 0.6) is 0 Å². The van der Waals surface area contributed by atoms with Crippen molar-refractivity contribution in [3.8, 4) is 11.8 Å². The van der Waals surface area contributed by atoms with Crippen molar-refractivity contribution in [3.05, 3.63) is 24.0 Å². The summed E-state index contributed by atoms with van der Waals surface area (Å²) >= 11 is 0. The molecule has 1 saturated carbocycles. The molecule has 0 bridgehead atoms. The van der Waals surface area contributed by atoms with Crippen LogP contribution in [0.1, 0.15) is 31.7 Å². The summed E-state index contributed by atoms with van der Waals surface area (Å²) in [4.78, 5) is 4.01. The molecule has 0 aromatic carbocycles. The minimum Gasteiger partial charge on any atom is -0.384 e. The van der Waals surface area contributed by atoms with Crippen LogP contribution in [0.25, 0.3) is 0 Å². The molecule has 0 radical (unpaired) electrons. The highest BCUT2D eigenvalue weighted by molar-refractivity contribution is 7.89. The van der Waals surface area contributed by atoms with Crippen molar-refractivity contribution in [2.45, 2.75) is 37.1 Å². The van der Waals surface area contributed by atoms with Gasteiger partial charge in [-0.3, -0.25) is 4.98 Å². The Morgan fingerprint density at radius 3 is 2.90 bits per heavy atom. The van der Waals surface area contributed by atoms with E-state index < -0.39 is 10.0 Å². The van der Waals surface area contributed by atoms with Crippen LogP contribution in [0.3, 0.4) is 0 Å². The van der Waals surface area contributed by atoms with Crippen molar-refractivity contribution in [3.63, 3.8) is 0 Å². The molecule has 5 nitrogen and oxygen atoms in total. The van der Waals surface area contributed by atoms with Gasteiger partial charge in [-0.25, -0.2) is 13.1 Å². The Morgan fingerprint density at radius 1 is 1.45 bits per heavy atom. The summed E-state index contributed by atoms with van der Waals surface area (Å²) in [6.07, 6.45) is 5.76. The molecule has 2 N–H and O–H groups in total. The van der Waals surface area contributed by atoms with Gasteiger partial charge in [-0.05, 0) is 24.8 Å². The first-order valence-corrected chi connectivity index (χ1v) is 8.08. The molecule has 108 valence electrons. The third kappa shape index (κ3) is 3.57.